The summed E-state index contributed by atoms with van der Waals surface area (Å²) in [7, 11) is 0. The van der Waals surface area contributed by atoms with Crippen LogP contribution in [0.1, 0.15) is 252 Å². The average Bonchev–Trinajstić information content (AvgIpc) is 3.35. The molecule has 392 valence electrons. The standard InChI is InChI=1S/C63H104O6/c1-4-7-10-13-16-18-20-21-22-23-24-25-26-27-28-29-30-31-32-33-34-35-36-37-38-39-40-41-43-44-47-50-53-56-62(65)68-59-60(58-67-61(64)55-52-49-46-15-12-9-6-3)69-63(66)57-54-51-48-45-42-19-17-14-11-8-5-2/h7,10,14,16-18,21-22,24-25,27-28,30-31,33-34,36-37,60H,4-6,8-9,11-13,15,19-20,23,26,29,32,35,38-59H2,1-3H3/b10-7-,17-14-,18-16-,22-21-,25-24-,28-27-,31-30-,34-33-,37-36-. The molecule has 0 aliphatic carbocycles. The van der Waals surface area contributed by atoms with E-state index in [1.54, 1.807) is 0 Å². The predicted octanol–water partition coefficient (Wildman–Crippen LogP) is 19.1. The van der Waals surface area contributed by atoms with E-state index in [1.165, 1.54) is 83.5 Å². The van der Waals surface area contributed by atoms with E-state index in [0.29, 0.717) is 19.3 Å². The lowest BCUT2D eigenvalue weighted by Gasteiger charge is -2.18. The Kier molecular flexibility index (Phi) is 53.4. The van der Waals surface area contributed by atoms with Crippen molar-refractivity contribution >= 4 is 17.9 Å². The molecular formula is C63H104O6. The second kappa shape index (κ2) is 56.7. The lowest BCUT2D eigenvalue weighted by atomic mass is 10.1. The summed E-state index contributed by atoms with van der Waals surface area (Å²) in [4.78, 5) is 37.8. The van der Waals surface area contributed by atoms with Gasteiger partial charge in [-0.2, -0.15) is 0 Å². The molecule has 1 atom stereocenters. The van der Waals surface area contributed by atoms with Gasteiger partial charge in [0.15, 0.2) is 6.10 Å². The van der Waals surface area contributed by atoms with Gasteiger partial charge in [-0.05, 0) is 103 Å². The molecule has 0 heterocycles. The van der Waals surface area contributed by atoms with Gasteiger partial charge in [-0.25, -0.2) is 0 Å². The number of ether oxygens (including phenoxy) is 3. The fourth-order valence-corrected chi connectivity index (χ4v) is 7.50. The Bertz CT molecular complexity index is 1420. The van der Waals surface area contributed by atoms with Crippen LogP contribution in [0.2, 0.25) is 0 Å². The van der Waals surface area contributed by atoms with Crippen LogP contribution in [0.15, 0.2) is 109 Å². The maximum absolute atomic E-state index is 12.7. The van der Waals surface area contributed by atoms with Gasteiger partial charge in [-0.3, -0.25) is 14.4 Å². The van der Waals surface area contributed by atoms with E-state index >= 15 is 0 Å². The zero-order valence-corrected chi connectivity index (χ0v) is 44.8. The van der Waals surface area contributed by atoms with Crippen molar-refractivity contribution in [3.05, 3.63) is 109 Å². The largest absolute Gasteiger partial charge is 0.462 e. The van der Waals surface area contributed by atoms with E-state index in [0.717, 1.165) is 128 Å². The average molecular weight is 958 g/mol. The molecule has 6 nitrogen and oxygen atoms in total. The van der Waals surface area contributed by atoms with Gasteiger partial charge in [0, 0.05) is 19.3 Å². The second-order valence-electron chi connectivity index (χ2n) is 18.5. The first-order valence-corrected chi connectivity index (χ1v) is 28.4. The molecule has 0 saturated carbocycles. The highest BCUT2D eigenvalue weighted by atomic mass is 16.6. The number of carbonyl (C=O) groups excluding carboxylic acids is 3. The fraction of sp³-hybridized carbons (Fsp3) is 0.667. The fourth-order valence-electron chi connectivity index (χ4n) is 7.50. The first-order chi connectivity index (χ1) is 34.0. The Balaban J connectivity index is 4.10. The van der Waals surface area contributed by atoms with E-state index in [1.807, 2.05) is 0 Å². The summed E-state index contributed by atoms with van der Waals surface area (Å²) >= 11 is 0. The van der Waals surface area contributed by atoms with Gasteiger partial charge in [0.05, 0.1) is 0 Å². The number of allylic oxidation sites excluding steroid dienone is 18. The first-order valence-electron chi connectivity index (χ1n) is 28.4. The molecule has 0 aliphatic rings. The van der Waals surface area contributed by atoms with Crippen molar-refractivity contribution in [1.82, 2.24) is 0 Å². The zero-order chi connectivity index (χ0) is 50.0. The SMILES string of the molecule is CC/C=C\C/C=C\C/C=C\C/C=C\C/C=C\C/C=C\C/C=C\C/C=C\CCCCCCCCCCC(=O)OCC(COC(=O)CCCCCCCCC)OC(=O)CCCCCCC/C=C\CCCC. The van der Waals surface area contributed by atoms with Crippen LogP contribution >= 0.6 is 0 Å². The van der Waals surface area contributed by atoms with Crippen molar-refractivity contribution in [2.45, 2.75) is 258 Å². The lowest BCUT2D eigenvalue weighted by molar-refractivity contribution is -0.167. The smallest absolute Gasteiger partial charge is 0.306 e. The molecule has 0 spiro atoms. The third kappa shape index (κ3) is 54.9. The minimum absolute atomic E-state index is 0.0833. The molecular weight excluding hydrogens is 853 g/mol. The van der Waals surface area contributed by atoms with Gasteiger partial charge >= 0.3 is 17.9 Å². The molecule has 0 radical (unpaired) electrons. The van der Waals surface area contributed by atoms with Crippen LogP contribution < -0.4 is 0 Å². The number of rotatable bonds is 50. The highest BCUT2D eigenvalue weighted by Crippen LogP contribution is 2.14. The molecule has 0 aromatic heterocycles. The topological polar surface area (TPSA) is 78.9 Å². The molecule has 0 N–H and O–H groups in total. The number of hydrogen-bond acceptors (Lipinski definition) is 6. The summed E-state index contributed by atoms with van der Waals surface area (Å²) in [6.07, 6.45) is 76.8. The Hall–Kier alpha value is -3.93. The van der Waals surface area contributed by atoms with Crippen molar-refractivity contribution in [3.8, 4) is 0 Å². The highest BCUT2D eigenvalue weighted by molar-refractivity contribution is 5.71. The van der Waals surface area contributed by atoms with Crippen LogP contribution in [0.5, 0.6) is 0 Å². The van der Waals surface area contributed by atoms with Gasteiger partial charge < -0.3 is 14.2 Å². The third-order valence-electron chi connectivity index (χ3n) is 11.8. The molecule has 69 heavy (non-hydrogen) atoms. The molecule has 6 heteroatoms. The number of esters is 3. The predicted molar refractivity (Wildman–Crippen MR) is 297 cm³/mol. The molecule has 0 aliphatic heterocycles. The Morgan fingerprint density at radius 3 is 0.942 bits per heavy atom. The van der Waals surface area contributed by atoms with Crippen LogP contribution in [0.3, 0.4) is 0 Å². The summed E-state index contributed by atoms with van der Waals surface area (Å²) in [6.45, 7) is 6.42. The molecule has 0 amide bonds. The van der Waals surface area contributed by atoms with Crippen molar-refractivity contribution in [2.24, 2.45) is 0 Å². The molecule has 1 unspecified atom stereocenters. The van der Waals surface area contributed by atoms with Gasteiger partial charge in [-0.15, -0.1) is 0 Å². The summed E-state index contributed by atoms with van der Waals surface area (Å²) in [5.74, 6) is -0.912. The lowest BCUT2D eigenvalue weighted by Crippen LogP contribution is -2.30. The number of unbranched alkanes of at least 4 members (excludes halogenated alkanes) is 21. The van der Waals surface area contributed by atoms with Crippen LogP contribution in [0.4, 0.5) is 0 Å². The van der Waals surface area contributed by atoms with E-state index in [4.69, 9.17) is 14.2 Å². The Labute approximate surface area is 425 Å². The van der Waals surface area contributed by atoms with Gasteiger partial charge in [-0.1, -0.05) is 239 Å². The highest BCUT2D eigenvalue weighted by Gasteiger charge is 2.19. The summed E-state index contributed by atoms with van der Waals surface area (Å²) in [5.41, 5.74) is 0. The summed E-state index contributed by atoms with van der Waals surface area (Å²) in [5, 5.41) is 0. The molecule has 0 rings (SSSR count). The third-order valence-corrected chi connectivity index (χ3v) is 11.8. The van der Waals surface area contributed by atoms with Crippen molar-refractivity contribution < 1.29 is 28.6 Å². The summed E-state index contributed by atoms with van der Waals surface area (Å²) < 4.78 is 16.7. The van der Waals surface area contributed by atoms with Gasteiger partial charge in [0.2, 0.25) is 0 Å². The quantitative estimate of drug-likeness (QED) is 0.0262. The van der Waals surface area contributed by atoms with Crippen molar-refractivity contribution in [3.63, 3.8) is 0 Å². The van der Waals surface area contributed by atoms with Gasteiger partial charge in [0.1, 0.15) is 13.2 Å². The van der Waals surface area contributed by atoms with E-state index in [-0.39, 0.29) is 31.1 Å². The molecule has 0 aromatic carbocycles. The number of hydrogen-bond donors (Lipinski definition) is 0. The van der Waals surface area contributed by atoms with Crippen molar-refractivity contribution in [2.75, 3.05) is 13.2 Å². The molecule has 0 aromatic rings. The summed E-state index contributed by atoms with van der Waals surface area (Å²) in [6, 6.07) is 0. The van der Waals surface area contributed by atoms with E-state index in [2.05, 4.69) is 130 Å². The normalized spacial score (nSPS) is 12.9. The maximum Gasteiger partial charge on any atom is 0.306 e. The Morgan fingerprint density at radius 2 is 0.580 bits per heavy atom. The van der Waals surface area contributed by atoms with Crippen LogP contribution in [-0.2, 0) is 28.6 Å². The number of carbonyl (C=O) groups is 3. The molecule has 0 bridgehead atoms. The second-order valence-corrected chi connectivity index (χ2v) is 18.5. The first kappa shape index (κ1) is 65.1. The molecule has 0 saturated heterocycles. The minimum atomic E-state index is -0.782. The van der Waals surface area contributed by atoms with Crippen molar-refractivity contribution in [1.29, 1.82) is 0 Å². The monoisotopic (exact) mass is 957 g/mol. The van der Waals surface area contributed by atoms with Gasteiger partial charge in [0.25, 0.3) is 0 Å². The minimum Gasteiger partial charge on any atom is -0.462 e. The molecule has 0 fully saturated rings. The maximum atomic E-state index is 12.7. The van der Waals surface area contributed by atoms with E-state index < -0.39 is 6.10 Å². The van der Waals surface area contributed by atoms with Crippen LogP contribution in [-0.4, -0.2) is 37.2 Å². The zero-order valence-electron chi connectivity index (χ0n) is 44.8. The van der Waals surface area contributed by atoms with Crippen LogP contribution in [0.25, 0.3) is 0 Å². The van der Waals surface area contributed by atoms with E-state index in [9.17, 15) is 14.4 Å². The Morgan fingerprint density at radius 1 is 0.304 bits per heavy atom. The van der Waals surface area contributed by atoms with Crippen LogP contribution in [0, 0.1) is 0 Å².